The highest BCUT2D eigenvalue weighted by molar-refractivity contribution is 7.15. The normalized spacial score (nSPS) is 19.7. The summed E-state index contributed by atoms with van der Waals surface area (Å²) in [5.41, 5.74) is 3.80. The number of imidazole rings is 1. The van der Waals surface area contributed by atoms with Crippen LogP contribution in [0.4, 0.5) is 0 Å². The zero-order valence-electron chi connectivity index (χ0n) is 17.1. The van der Waals surface area contributed by atoms with E-state index in [1.807, 2.05) is 40.9 Å². The Balaban J connectivity index is 1.38. The maximum atomic E-state index is 13.3. The zero-order chi connectivity index (χ0) is 20.7. The standard InChI is InChI=1S/C22H25N5O2S/c1-14-12-26(13-15(2)29-14)21(28)20-19(27-8-9-30-22(27)25-20)11-23-10-16-4-3-5-18-17(16)6-7-24-18/h3-9,14-15,23-24H,10-13H2,1-2H3/t14-,15+. The molecule has 1 saturated heterocycles. The minimum atomic E-state index is -0.0163. The van der Waals surface area contributed by atoms with Gasteiger partial charge in [-0.3, -0.25) is 9.20 Å². The van der Waals surface area contributed by atoms with Crippen molar-refractivity contribution in [3.63, 3.8) is 0 Å². The van der Waals surface area contributed by atoms with E-state index < -0.39 is 0 Å². The summed E-state index contributed by atoms with van der Waals surface area (Å²) in [5, 5.41) is 6.73. The van der Waals surface area contributed by atoms with E-state index >= 15 is 0 Å². The maximum absolute atomic E-state index is 13.3. The molecule has 8 heteroatoms. The Bertz CT molecular complexity index is 1180. The Hall–Kier alpha value is -2.68. The van der Waals surface area contributed by atoms with E-state index in [0.717, 1.165) is 16.2 Å². The molecule has 0 bridgehead atoms. The van der Waals surface area contributed by atoms with Crippen molar-refractivity contribution < 1.29 is 9.53 Å². The lowest BCUT2D eigenvalue weighted by atomic mass is 10.1. The molecule has 0 spiro atoms. The predicted octanol–water partition coefficient (Wildman–Crippen LogP) is 3.42. The number of morpholine rings is 1. The minimum absolute atomic E-state index is 0.0163. The fraction of sp³-hybridized carbons (Fsp3) is 0.364. The molecule has 0 unspecified atom stereocenters. The average Bonchev–Trinajstić information content (AvgIpc) is 3.43. The smallest absolute Gasteiger partial charge is 0.274 e. The first-order chi connectivity index (χ1) is 14.6. The van der Waals surface area contributed by atoms with Crippen molar-refractivity contribution in [3.05, 3.63) is 59.0 Å². The van der Waals surface area contributed by atoms with Crippen molar-refractivity contribution in [1.29, 1.82) is 0 Å². The third-order valence-corrected chi connectivity index (χ3v) is 6.32. The number of hydrogen-bond acceptors (Lipinski definition) is 5. The van der Waals surface area contributed by atoms with Gasteiger partial charge < -0.3 is 19.9 Å². The number of H-pyrrole nitrogens is 1. The molecule has 2 N–H and O–H groups in total. The summed E-state index contributed by atoms with van der Waals surface area (Å²) < 4.78 is 7.81. The van der Waals surface area contributed by atoms with E-state index in [9.17, 15) is 4.79 Å². The maximum Gasteiger partial charge on any atom is 0.274 e. The molecule has 3 aromatic heterocycles. The summed E-state index contributed by atoms with van der Waals surface area (Å²) in [6.45, 7) is 6.48. The number of nitrogens with zero attached hydrogens (tertiary/aromatic N) is 3. The van der Waals surface area contributed by atoms with E-state index in [4.69, 9.17) is 4.74 Å². The number of carbonyl (C=O) groups is 1. The predicted molar refractivity (Wildman–Crippen MR) is 118 cm³/mol. The van der Waals surface area contributed by atoms with Gasteiger partial charge in [0, 0.05) is 54.9 Å². The van der Waals surface area contributed by atoms with Crippen LogP contribution in [0.15, 0.2) is 42.0 Å². The summed E-state index contributed by atoms with van der Waals surface area (Å²) >= 11 is 1.54. The lowest BCUT2D eigenvalue weighted by Gasteiger charge is -2.35. The number of aromatic nitrogens is 3. The second-order valence-corrected chi connectivity index (χ2v) is 8.76. The molecule has 7 nitrogen and oxygen atoms in total. The highest BCUT2D eigenvalue weighted by Gasteiger charge is 2.30. The summed E-state index contributed by atoms with van der Waals surface area (Å²) in [6.07, 6.45) is 4.01. The topological polar surface area (TPSA) is 74.7 Å². The van der Waals surface area contributed by atoms with Crippen LogP contribution in [0.2, 0.25) is 0 Å². The molecule has 4 heterocycles. The average molecular weight is 424 g/mol. The number of amides is 1. The molecule has 2 atom stereocenters. The van der Waals surface area contributed by atoms with Crippen molar-refractivity contribution in [2.45, 2.75) is 39.1 Å². The van der Waals surface area contributed by atoms with E-state index in [1.165, 1.54) is 10.9 Å². The molecule has 5 rings (SSSR count). The SMILES string of the molecule is C[C@@H]1CN(C(=O)c2nc3sccn3c2CNCc2cccc3[nH]ccc23)C[C@H](C)O1. The minimum Gasteiger partial charge on any atom is -0.372 e. The number of fused-ring (bicyclic) bond motifs is 2. The van der Waals surface area contributed by atoms with Gasteiger partial charge in [0.1, 0.15) is 0 Å². The summed E-state index contributed by atoms with van der Waals surface area (Å²) in [7, 11) is 0. The van der Waals surface area contributed by atoms with E-state index in [0.29, 0.717) is 31.9 Å². The van der Waals surface area contributed by atoms with Crippen molar-refractivity contribution in [2.24, 2.45) is 0 Å². The summed E-state index contributed by atoms with van der Waals surface area (Å²) in [4.78, 5) is 24.0. The zero-order valence-corrected chi connectivity index (χ0v) is 17.9. The second kappa shape index (κ2) is 7.86. The number of rotatable bonds is 5. The molecule has 0 radical (unpaired) electrons. The third kappa shape index (κ3) is 3.51. The fourth-order valence-corrected chi connectivity index (χ4v) is 5.02. The first-order valence-corrected chi connectivity index (χ1v) is 11.1. The van der Waals surface area contributed by atoms with E-state index in [2.05, 4.69) is 39.6 Å². The number of aromatic amines is 1. The molecule has 1 fully saturated rings. The van der Waals surface area contributed by atoms with Crippen LogP contribution < -0.4 is 5.32 Å². The van der Waals surface area contributed by atoms with Crippen LogP contribution in [-0.2, 0) is 17.8 Å². The second-order valence-electron chi connectivity index (χ2n) is 7.89. The Morgan fingerprint density at radius 3 is 2.93 bits per heavy atom. The number of nitrogens with one attached hydrogen (secondary N) is 2. The summed E-state index contributed by atoms with van der Waals surface area (Å²) in [6, 6.07) is 8.35. The highest BCUT2D eigenvalue weighted by atomic mass is 32.1. The van der Waals surface area contributed by atoms with Gasteiger partial charge in [-0.25, -0.2) is 4.98 Å². The van der Waals surface area contributed by atoms with Crippen LogP contribution >= 0.6 is 11.3 Å². The van der Waals surface area contributed by atoms with Crippen molar-refractivity contribution >= 4 is 33.1 Å². The number of hydrogen-bond donors (Lipinski definition) is 2. The van der Waals surface area contributed by atoms with Gasteiger partial charge in [0.05, 0.1) is 17.9 Å². The Labute approximate surface area is 178 Å². The van der Waals surface area contributed by atoms with Gasteiger partial charge in [-0.2, -0.15) is 0 Å². The van der Waals surface area contributed by atoms with E-state index in [-0.39, 0.29) is 18.1 Å². The lowest BCUT2D eigenvalue weighted by molar-refractivity contribution is -0.0587. The first-order valence-electron chi connectivity index (χ1n) is 10.2. The first kappa shape index (κ1) is 19.3. The van der Waals surface area contributed by atoms with Gasteiger partial charge in [0.15, 0.2) is 10.7 Å². The number of ether oxygens (including phenoxy) is 1. The molecule has 1 amide bonds. The van der Waals surface area contributed by atoms with Crippen molar-refractivity contribution in [2.75, 3.05) is 13.1 Å². The Morgan fingerprint density at radius 1 is 1.27 bits per heavy atom. The molecule has 30 heavy (non-hydrogen) atoms. The highest BCUT2D eigenvalue weighted by Crippen LogP contribution is 2.22. The summed E-state index contributed by atoms with van der Waals surface area (Å²) in [5.74, 6) is -0.0163. The van der Waals surface area contributed by atoms with Gasteiger partial charge in [-0.15, -0.1) is 11.3 Å². The van der Waals surface area contributed by atoms with Crippen LogP contribution in [0.25, 0.3) is 15.9 Å². The van der Waals surface area contributed by atoms with Gasteiger partial charge in [-0.1, -0.05) is 12.1 Å². The monoisotopic (exact) mass is 423 g/mol. The largest absolute Gasteiger partial charge is 0.372 e. The molecule has 1 aliphatic heterocycles. The van der Waals surface area contributed by atoms with Crippen LogP contribution in [-0.4, -0.2) is 50.5 Å². The van der Waals surface area contributed by atoms with Gasteiger partial charge in [-0.05, 0) is 31.5 Å². The quantitative estimate of drug-likeness (QED) is 0.516. The number of thiazole rings is 1. The third-order valence-electron chi connectivity index (χ3n) is 5.56. The number of carbonyl (C=O) groups excluding carboxylic acids is 1. The lowest BCUT2D eigenvalue weighted by Crippen LogP contribution is -2.48. The molecule has 4 aromatic rings. The molecule has 1 aliphatic rings. The number of benzene rings is 1. The van der Waals surface area contributed by atoms with Crippen LogP contribution in [0.3, 0.4) is 0 Å². The fourth-order valence-electron chi connectivity index (χ4n) is 4.29. The van der Waals surface area contributed by atoms with Crippen molar-refractivity contribution in [3.8, 4) is 0 Å². The van der Waals surface area contributed by atoms with Gasteiger partial charge in [0.25, 0.3) is 5.91 Å². The van der Waals surface area contributed by atoms with Gasteiger partial charge in [0.2, 0.25) is 0 Å². The Morgan fingerprint density at radius 2 is 2.10 bits per heavy atom. The molecule has 1 aromatic carbocycles. The van der Waals surface area contributed by atoms with Crippen LogP contribution in [0.1, 0.15) is 35.6 Å². The molecule has 0 aliphatic carbocycles. The van der Waals surface area contributed by atoms with Crippen molar-refractivity contribution in [1.82, 2.24) is 24.6 Å². The molecule has 0 saturated carbocycles. The molecular formula is C22H25N5O2S. The Kier molecular flexibility index (Phi) is 5.06. The van der Waals surface area contributed by atoms with Gasteiger partial charge >= 0.3 is 0 Å². The van der Waals surface area contributed by atoms with Crippen LogP contribution in [0.5, 0.6) is 0 Å². The van der Waals surface area contributed by atoms with Crippen LogP contribution in [0, 0.1) is 0 Å². The van der Waals surface area contributed by atoms with E-state index in [1.54, 1.807) is 11.3 Å². The molecule has 156 valence electrons. The molecular weight excluding hydrogens is 398 g/mol.